The third kappa shape index (κ3) is 6.48. The van der Waals surface area contributed by atoms with E-state index in [2.05, 4.69) is 5.32 Å². The first-order valence-electron chi connectivity index (χ1n) is 8.71. The van der Waals surface area contributed by atoms with Crippen molar-refractivity contribution in [2.45, 2.75) is 44.6 Å². The summed E-state index contributed by atoms with van der Waals surface area (Å²) in [6, 6.07) is 7.04. The Morgan fingerprint density at radius 3 is 2.28 bits per heavy atom. The Morgan fingerprint density at radius 2 is 1.76 bits per heavy atom. The molecule has 0 saturated carbocycles. The van der Waals surface area contributed by atoms with Crippen molar-refractivity contribution in [3.05, 3.63) is 45.6 Å². The highest BCUT2D eigenvalue weighted by Gasteiger charge is 2.20. The third-order valence-electron chi connectivity index (χ3n) is 4.03. The van der Waals surface area contributed by atoms with Gasteiger partial charge in [0.05, 0.1) is 11.3 Å². The molecule has 1 unspecified atom stereocenters. The lowest BCUT2D eigenvalue weighted by Gasteiger charge is -2.13. The van der Waals surface area contributed by atoms with Crippen LogP contribution >= 0.6 is 11.3 Å². The smallest absolute Gasteiger partial charge is 0.307 e. The van der Waals surface area contributed by atoms with Crippen LogP contribution < -0.4 is 10.5 Å². The summed E-state index contributed by atoms with van der Waals surface area (Å²) in [7, 11) is -3.82. The second-order valence-electron chi connectivity index (χ2n) is 6.44. The molecule has 0 aliphatic carbocycles. The van der Waals surface area contributed by atoms with Crippen LogP contribution in [0, 0.1) is 13.8 Å². The summed E-state index contributed by atoms with van der Waals surface area (Å²) < 4.78 is 27.5. The number of ketones is 1. The molecular formula is C19H22N2O6S2. The molecule has 1 atom stereocenters. The summed E-state index contributed by atoms with van der Waals surface area (Å²) in [5.74, 6) is -1.39. The molecular weight excluding hydrogens is 416 g/mol. The number of carbonyl (C=O) groups excluding carboxylic acids is 3. The first-order valence-corrected chi connectivity index (χ1v) is 11.1. The van der Waals surface area contributed by atoms with Crippen molar-refractivity contribution in [2.24, 2.45) is 5.14 Å². The van der Waals surface area contributed by atoms with Crippen molar-refractivity contribution in [3.8, 4) is 0 Å². The van der Waals surface area contributed by atoms with E-state index in [9.17, 15) is 22.8 Å². The number of nitrogens with one attached hydrogen (secondary N) is 1. The minimum atomic E-state index is -3.82. The number of Topliss-reactive ketones (excluding diaryl/α,β-unsaturated/α-hetero) is 1. The molecule has 156 valence electrons. The van der Waals surface area contributed by atoms with Gasteiger partial charge in [-0.05, 0) is 51.1 Å². The number of primary sulfonamides is 1. The van der Waals surface area contributed by atoms with Gasteiger partial charge in [0.25, 0.3) is 5.91 Å². The normalized spacial score (nSPS) is 12.3. The van der Waals surface area contributed by atoms with Crippen LogP contribution in [-0.2, 0) is 24.3 Å². The number of sulfonamides is 1. The zero-order chi connectivity index (χ0) is 21.8. The summed E-state index contributed by atoms with van der Waals surface area (Å²) in [5.41, 5.74) is 0.929. The average molecular weight is 439 g/mol. The van der Waals surface area contributed by atoms with E-state index in [0.29, 0.717) is 11.3 Å². The van der Waals surface area contributed by atoms with E-state index < -0.39 is 28.0 Å². The van der Waals surface area contributed by atoms with Gasteiger partial charge in [0.2, 0.25) is 10.0 Å². The Bertz CT molecular complexity index is 1030. The van der Waals surface area contributed by atoms with E-state index in [-0.39, 0.29) is 23.5 Å². The largest absolute Gasteiger partial charge is 0.453 e. The van der Waals surface area contributed by atoms with Gasteiger partial charge in [-0.1, -0.05) is 0 Å². The van der Waals surface area contributed by atoms with Gasteiger partial charge in [-0.15, -0.1) is 11.3 Å². The fourth-order valence-corrected chi connectivity index (χ4v) is 4.00. The number of ether oxygens (including phenoxy) is 1. The van der Waals surface area contributed by atoms with E-state index >= 15 is 0 Å². The number of hydrogen-bond donors (Lipinski definition) is 2. The van der Waals surface area contributed by atoms with Crippen LogP contribution in [0.1, 0.15) is 39.9 Å². The van der Waals surface area contributed by atoms with E-state index in [1.165, 1.54) is 42.5 Å². The molecule has 1 aromatic heterocycles. The number of esters is 1. The minimum absolute atomic E-state index is 0.000783. The molecule has 2 rings (SSSR count). The van der Waals surface area contributed by atoms with E-state index in [1.54, 1.807) is 6.07 Å². The molecule has 1 aromatic carbocycles. The number of aryl methyl sites for hydroxylation is 2. The predicted molar refractivity (Wildman–Crippen MR) is 109 cm³/mol. The Balaban J connectivity index is 1.84. The van der Waals surface area contributed by atoms with Crippen molar-refractivity contribution in [1.29, 1.82) is 0 Å². The van der Waals surface area contributed by atoms with Gasteiger partial charge in [-0.3, -0.25) is 14.4 Å². The lowest BCUT2D eigenvalue weighted by Crippen LogP contribution is -2.30. The van der Waals surface area contributed by atoms with Gasteiger partial charge >= 0.3 is 5.97 Å². The SMILES string of the molecule is Cc1cc(C(=O)CCC(=O)OC(C)C(=O)Nc2ccc(S(N)(=O)=O)cc2)c(C)s1. The Morgan fingerprint density at radius 1 is 1.14 bits per heavy atom. The number of amides is 1. The molecule has 0 radical (unpaired) electrons. The number of hydrogen-bond acceptors (Lipinski definition) is 7. The predicted octanol–water partition coefficient (Wildman–Crippen LogP) is 2.55. The molecule has 0 bridgehead atoms. The molecule has 29 heavy (non-hydrogen) atoms. The van der Waals surface area contributed by atoms with E-state index in [0.717, 1.165) is 9.75 Å². The Kier molecular flexibility index (Phi) is 7.28. The van der Waals surface area contributed by atoms with Gasteiger partial charge in [0, 0.05) is 27.4 Å². The van der Waals surface area contributed by atoms with E-state index in [1.807, 2.05) is 13.8 Å². The highest BCUT2D eigenvalue weighted by Crippen LogP contribution is 2.22. The molecule has 0 fully saturated rings. The topological polar surface area (TPSA) is 133 Å². The van der Waals surface area contributed by atoms with Gasteiger partial charge in [-0.25, -0.2) is 13.6 Å². The molecule has 0 aliphatic rings. The summed E-state index contributed by atoms with van der Waals surface area (Å²) in [6.45, 7) is 5.16. The number of anilines is 1. The van der Waals surface area contributed by atoms with Crippen LogP contribution in [0.15, 0.2) is 35.2 Å². The minimum Gasteiger partial charge on any atom is -0.453 e. The zero-order valence-corrected chi connectivity index (χ0v) is 17.9. The lowest BCUT2D eigenvalue weighted by atomic mass is 10.1. The van der Waals surface area contributed by atoms with Crippen LogP contribution in [0.3, 0.4) is 0 Å². The van der Waals surface area contributed by atoms with Crippen molar-refractivity contribution in [2.75, 3.05) is 5.32 Å². The maximum Gasteiger partial charge on any atom is 0.307 e. The van der Waals surface area contributed by atoms with Crippen LogP contribution in [0.4, 0.5) is 5.69 Å². The van der Waals surface area contributed by atoms with Gasteiger partial charge < -0.3 is 10.1 Å². The highest BCUT2D eigenvalue weighted by atomic mass is 32.2. The first-order chi connectivity index (χ1) is 13.5. The third-order valence-corrected chi connectivity index (χ3v) is 5.92. The molecule has 1 amide bonds. The summed E-state index contributed by atoms with van der Waals surface area (Å²) in [4.78, 5) is 38.2. The second-order valence-corrected chi connectivity index (χ2v) is 9.46. The van der Waals surface area contributed by atoms with Gasteiger partial charge in [0.1, 0.15) is 0 Å². The molecule has 0 spiro atoms. The molecule has 2 aromatic rings. The van der Waals surface area contributed by atoms with Crippen LogP contribution in [0.25, 0.3) is 0 Å². The van der Waals surface area contributed by atoms with E-state index in [4.69, 9.17) is 9.88 Å². The number of carbonyl (C=O) groups is 3. The van der Waals surface area contributed by atoms with Crippen molar-refractivity contribution in [1.82, 2.24) is 0 Å². The maximum absolute atomic E-state index is 12.2. The Labute approximate surface area is 173 Å². The summed E-state index contributed by atoms with van der Waals surface area (Å²) >= 11 is 1.52. The Hall–Kier alpha value is -2.56. The van der Waals surface area contributed by atoms with Crippen LogP contribution in [0.5, 0.6) is 0 Å². The van der Waals surface area contributed by atoms with Crippen LogP contribution in [0.2, 0.25) is 0 Å². The number of thiophene rings is 1. The highest BCUT2D eigenvalue weighted by molar-refractivity contribution is 7.89. The standard InChI is InChI=1S/C19H22N2O6S2/c1-11-10-16(13(3)28-11)17(22)8-9-18(23)27-12(2)19(24)21-14-4-6-15(7-5-14)29(20,25)26/h4-7,10,12H,8-9H2,1-3H3,(H,21,24)(H2,20,25,26). The molecule has 0 aliphatic heterocycles. The summed E-state index contributed by atoms with van der Waals surface area (Å²) in [5, 5.41) is 7.52. The summed E-state index contributed by atoms with van der Waals surface area (Å²) in [6.07, 6.45) is -1.21. The lowest BCUT2D eigenvalue weighted by molar-refractivity contribution is -0.153. The quantitative estimate of drug-likeness (QED) is 0.481. The molecule has 8 nitrogen and oxygen atoms in total. The molecule has 10 heteroatoms. The molecule has 3 N–H and O–H groups in total. The maximum atomic E-state index is 12.2. The van der Waals surface area contributed by atoms with Crippen molar-refractivity contribution in [3.63, 3.8) is 0 Å². The van der Waals surface area contributed by atoms with Crippen LogP contribution in [-0.4, -0.2) is 32.2 Å². The number of benzene rings is 1. The monoisotopic (exact) mass is 438 g/mol. The van der Waals surface area contributed by atoms with Gasteiger partial charge in [-0.2, -0.15) is 0 Å². The number of nitrogens with two attached hydrogens (primary N) is 1. The zero-order valence-electron chi connectivity index (χ0n) is 16.2. The molecule has 0 saturated heterocycles. The second kappa shape index (κ2) is 9.29. The average Bonchev–Trinajstić information content (AvgIpc) is 2.97. The number of rotatable bonds is 8. The fourth-order valence-electron chi connectivity index (χ4n) is 2.54. The van der Waals surface area contributed by atoms with Crippen molar-refractivity contribution < 1.29 is 27.5 Å². The van der Waals surface area contributed by atoms with Gasteiger partial charge in [0.15, 0.2) is 11.9 Å². The molecule has 1 heterocycles. The van der Waals surface area contributed by atoms with Crippen molar-refractivity contribution >= 4 is 44.7 Å². The first kappa shape index (κ1) is 22.7. The fraction of sp³-hybridized carbons (Fsp3) is 0.316.